The second-order valence-electron chi connectivity index (χ2n) is 12.2. The van der Waals surface area contributed by atoms with Gasteiger partial charge in [-0.3, -0.25) is 4.57 Å². The van der Waals surface area contributed by atoms with E-state index in [0.717, 1.165) is 61.0 Å². The van der Waals surface area contributed by atoms with Crippen molar-refractivity contribution in [3.05, 3.63) is 170 Å². The minimum Gasteiger partial charge on any atom is -0.310 e. The van der Waals surface area contributed by atoms with Gasteiger partial charge in [-0.2, -0.15) is 0 Å². The zero-order valence-electron chi connectivity index (χ0n) is 26.4. The summed E-state index contributed by atoms with van der Waals surface area (Å²) in [5.41, 5.74) is 8.38. The Balaban J connectivity index is 1.25. The summed E-state index contributed by atoms with van der Waals surface area (Å²) in [6.45, 7) is 0. The zero-order chi connectivity index (χ0) is 32.3. The Morgan fingerprint density at radius 2 is 1.08 bits per heavy atom. The summed E-state index contributed by atoms with van der Waals surface area (Å²) in [7, 11) is 0. The summed E-state index contributed by atoms with van der Waals surface area (Å²) in [6.07, 6.45) is 0. The van der Waals surface area contributed by atoms with Crippen molar-refractivity contribution < 1.29 is 0 Å². The molecule has 0 radical (unpaired) electrons. The summed E-state index contributed by atoms with van der Waals surface area (Å²) in [5, 5.41) is 5.86. The molecule has 0 aliphatic heterocycles. The molecule has 0 amide bonds. The molecular formula is C44H28N4S. The molecular weight excluding hydrogens is 617 g/mol. The lowest BCUT2D eigenvalue weighted by atomic mass is 10.0. The lowest BCUT2D eigenvalue weighted by Crippen LogP contribution is -2.09. The van der Waals surface area contributed by atoms with Crippen LogP contribution in [0.2, 0.25) is 0 Å². The molecule has 0 bridgehead atoms. The van der Waals surface area contributed by atoms with Crippen LogP contribution >= 0.6 is 11.3 Å². The second kappa shape index (κ2) is 11.2. The van der Waals surface area contributed by atoms with E-state index in [2.05, 4.69) is 179 Å². The molecule has 0 fully saturated rings. The third kappa shape index (κ3) is 4.44. The van der Waals surface area contributed by atoms with E-state index in [-0.39, 0.29) is 0 Å². The Labute approximate surface area is 286 Å². The van der Waals surface area contributed by atoms with Crippen molar-refractivity contribution in [3.63, 3.8) is 0 Å². The van der Waals surface area contributed by atoms with Gasteiger partial charge in [0.25, 0.3) is 0 Å². The van der Waals surface area contributed by atoms with Crippen molar-refractivity contribution in [3.8, 4) is 17.2 Å². The van der Waals surface area contributed by atoms with Crippen molar-refractivity contribution in [2.75, 3.05) is 4.90 Å². The minimum absolute atomic E-state index is 0.659. The van der Waals surface area contributed by atoms with E-state index in [4.69, 9.17) is 9.97 Å². The maximum Gasteiger partial charge on any atom is 0.235 e. The predicted molar refractivity (Wildman–Crippen MR) is 207 cm³/mol. The maximum atomic E-state index is 5.45. The Bertz CT molecular complexity index is 2780. The van der Waals surface area contributed by atoms with Gasteiger partial charge >= 0.3 is 0 Å². The highest BCUT2D eigenvalue weighted by Gasteiger charge is 2.21. The van der Waals surface area contributed by atoms with Crippen LogP contribution in [0.3, 0.4) is 0 Å². The molecule has 0 spiro atoms. The van der Waals surface area contributed by atoms with Crippen LogP contribution in [-0.2, 0) is 0 Å². The fourth-order valence-electron chi connectivity index (χ4n) is 7.25. The summed E-state index contributed by atoms with van der Waals surface area (Å²) in [4.78, 5) is 13.1. The number of rotatable bonds is 5. The SMILES string of the molecule is c1ccc(-c2nc(-n3c4ccccc4c4cc(N(c5ccccc5)c5ccccc5)ccc43)nc3ccc4sc5ccccc5c4c23)cc1. The van der Waals surface area contributed by atoms with Gasteiger partial charge in [-0.15, -0.1) is 11.3 Å². The standard InChI is InChI=1S/C44H28N4S/c1-4-14-29(15-5-1)43-42-36(25-27-40-41(42)34-21-11-13-23-39(34)49-40)45-44(46-43)48-37-22-12-10-20-33(37)35-28-32(24-26-38(35)48)47(30-16-6-2-7-17-30)31-18-8-3-9-19-31/h1-28H. The van der Waals surface area contributed by atoms with Crippen molar-refractivity contribution in [1.82, 2.24) is 14.5 Å². The number of thiophene rings is 1. The van der Waals surface area contributed by atoms with E-state index >= 15 is 0 Å². The average Bonchev–Trinajstić information content (AvgIpc) is 3.71. The van der Waals surface area contributed by atoms with Crippen LogP contribution in [0.5, 0.6) is 0 Å². The fourth-order valence-corrected chi connectivity index (χ4v) is 8.36. The topological polar surface area (TPSA) is 34.0 Å². The lowest BCUT2D eigenvalue weighted by molar-refractivity contribution is 1.01. The third-order valence-corrected chi connectivity index (χ3v) is 10.5. The number of hydrogen-bond donors (Lipinski definition) is 0. The Morgan fingerprint density at radius 3 is 1.84 bits per heavy atom. The van der Waals surface area contributed by atoms with Crippen molar-refractivity contribution in [2.45, 2.75) is 0 Å². The number of anilines is 3. The van der Waals surface area contributed by atoms with Crippen LogP contribution in [0.4, 0.5) is 17.1 Å². The molecule has 0 saturated carbocycles. The van der Waals surface area contributed by atoms with Crippen LogP contribution < -0.4 is 4.90 Å². The molecule has 0 aliphatic rings. The first-order valence-electron chi connectivity index (χ1n) is 16.4. The number of hydrogen-bond acceptors (Lipinski definition) is 4. The smallest absolute Gasteiger partial charge is 0.235 e. The Morgan fingerprint density at radius 1 is 0.449 bits per heavy atom. The monoisotopic (exact) mass is 644 g/mol. The average molecular weight is 645 g/mol. The largest absolute Gasteiger partial charge is 0.310 e. The van der Waals surface area contributed by atoms with E-state index in [1.54, 1.807) is 0 Å². The Hall–Kier alpha value is -6.30. The molecule has 10 aromatic rings. The van der Waals surface area contributed by atoms with E-state index < -0.39 is 0 Å². The predicted octanol–water partition coefficient (Wildman–Crippen LogP) is 12.2. The van der Waals surface area contributed by atoms with Gasteiger partial charge in [0.2, 0.25) is 5.95 Å². The van der Waals surface area contributed by atoms with Gasteiger partial charge in [0.15, 0.2) is 0 Å². The highest BCUT2D eigenvalue weighted by Crippen LogP contribution is 2.43. The van der Waals surface area contributed by atoms with Gasteiger partial charge in [0, 0.05) is 59.0 Å². The Kier molecular flexibility index (Phi) is 6.32. The normalized spacial score (nSPS) is 11.7. The first kappa shape index (κ1) is 27.8. The first-order valence-corrected chi connectivity index (χ1v) is 17.2. The number of aromatic nitrogens is 3. The van der Waals surface area contributed by atoms with Crippen LogP contribution in [0.25, 0.3) is 70.1 Å². The molecule has 0 N–H and O–H groups in total. The number of benzene rings is 7. The van der Waals surface area contributed by atoms with Crippen LogP contribution in [0, 0.1) is 0 Å². The van der Waals surface area contributed by atoms with Crippen molar-refractivity contribution in [2.24, 2.45) is 0 Å². The third-order valence-electron chi connectivity index (χ3n) is 9.38. The molecule has 7 aromatic carbocycles. The van der Waals surface area contributed by atoms with Gasteiger partial charge in [0.1, 0.15) is 0 Å². The van der Waals surface area contributed by atoms with Crippen LogP contribution in [0.15, 0.2) is 170 Å². The summed E-state index contributed by atoms with van der Waals surface area (Å²) in [6, 6.07) is 59.9. The molecule has 0 atom stereocenters. The molecule has 3 aromatic heterocycles. The molecule has 49 heavy (non-hydrogen) atoms. The van der Waals surface area contributed by atoms with Crippen molar-refractivity contribution in [1.29, 1.82) is 0 Å². The molecule has 0 unspecified atom stereocenters. The van der Waals surface area contributed by atoms with Gasteiger partial charge < -0.3 is 4.90 Å². The molecule has 3 heterocycles. The van der Waals surface area contributed by atoms with Gasteiger partial charge in [0.05, 0.1) is 22.2 Å². The molecule has 0 saturated heterocycles. The van der Waals surface area contributed by atoms with E-state index in [0.29, 0.717) is 5.95 Å². The lowest BCUT2D eigenvalue weighted by Gasteiger charge is -2.25. The molecule has 4 nitrogen and oxygen atoms in total. The maximum absolute atomic E-state index is 5.45. The van der Waals surface area contributed by atoms with Gasteiger partial charge in [-0.25, -0.2) is 9.97 Å². The number of nitrogens with zero attached hydrogens (tertiary/aromatic N) is 4. The first-order chi connectivity index (χ1) is 24.3. The number of para-hydroxylation sites is 3. The van der Waals surface area contributed by atoms with E-state index in [9.17, 15) is 0 Å². The summed E-state index contributed by atoms with van der Waals surface area (Å²) in [5.74, 6) is 0.659. The molecule has 10 rings (SSSR count). The van der Waals surface area contributed by atoms with E-state index in [1.165, 1.54) is 20.2 Å². The van der Waals surface area contributed by atoms with Gasteiger partial charge in [-0.05, 0) is 66.7 Å². The number of fused-ring (bicyclic) bond motifs is 8. The summed E-state index contributed by atoms with van der Waals surface area (Å²) >= 11 is 1.82. The fraction of sp³-hybridized carbons (Fsp3) is 0. The zero-order valence-corrected chi connectivity index (χ0v) is 27.2. The molecule has 5 heteroatoms. The second-order valence-corrected chi connectivity index (χ2v) is 13.3. The molecule has 0 aliphatic carbocycles. The summed E-state index contributed by atoms with van der Waals surface area (Å²) < 4.78 is 4.74. The van der Waals surface area contributed by atoms with Crippen LogP contribution in [-0.4, -0.2) is 14.5 Å². The quantitative estimate of drug-likeness (QED) is 0.187. The van der Waals surface area contributed by atoms with Crippen molar-refractivity contribution >= 4 is 81.3 Å². The highest BCUT2D eigenvalue weighted by atomic mass is 32.1. The van der Waals surface area contributed by atoms with E-state index in [1.807, 2.05) is 11.3 Å². The minimum atomic E-state index is 0.659. The van der Waals surface area contributed by atoms with Gasteiger partial charge in [-0.1, -0.05) is 103 Å². The highest BCUT2D eigenvalue weighted by molar-refractivity contribution is 7.26. The molecule has 230 valence electrons. The van der Waals surface area contributed by atoms with Crippen LogP contribution in [0.1, 0.15) is 0 Å².